The lowest BCUT2D eigenvalue weighted by Gasteiger charge is -2.20. The Bertz CT molecular complexity index is 1060. The topological polar surface area (TPSA) is 73.2 Å². The number of hydrogen-bond acceptors (Lipinski definition) is 6. The fourth-order valence-electron chi connectivity index (χ4n) is 3.28. The molecule has 1 N–H and O–H groups in total. The Hall–Kier alpha value is -2.29. The highest BCUT2D eigenvalue weighted by Crippen LogP contribution is 2.47. The van der Waals surface area contributed by atoms with Crippen molar-refractivity contribution in [1.82, 2.24) is 0 Å². The van der Waals surface area contributed by atoms with E-state index in [9.17, 15) is 8.42 Å². The second kappa shape index (κ2) is 6.70. The molecular formula is C19H19N3O3S2. The summed E-state index contributed by atoms with van der Waals surface area (Å²) in [7, 11) is -4.19. The van der Waals surface area contributed by atoms with E-state index in [1.807, 2.05) is 24.1 Å². The first-order valence-corrected chi connectivity index (χ1v) is 10.8. The van der Waals surface area contributed by atoms with Crippen molar-refractivity contribution in [2.75, 3.05) is 23.0 Å². The van der Waals surface area contributed by atoms with E-state index in [0.29, 0.717) is 6.54 Å². The molecule has 2 aliphatic rings. The number of hydrazone groups is 1. The summed E-state index contributed by atoms with van der Waals surface area (Å²) in [5.41, 5.74) is 4.11. The van der Waals surface area contributed by atoms with Crippen molar-refractivity contribution in [3.8, 4) is 0 Å². The summed E-state index contributed by atoms with van der Waals surface area (Å²) in [5.74, 6) is 0. The van der Waals surface area contributed by atoms with Gasteiger partial charge in [0.15, 0.2) is 0 Å². The lowest BCUT2D eigenvalue weighted by atomic mass is 10.2. The van der Waals surface area contributed by atoms with Gasteiger partial charge in [-0.05, 0) is 50.2 Å². The normalized spacial score (nSPS) is 19.4. The van der Waals surface area contributed by atoms with Crippen molar-refractivity contribution in [1.29, 1.82) is 0 Å². The first kappa shape index (κ1) is 18.1. The largest absolute Gasteiger partial charge is 0.335 e. The second-order valence-corrected chi connectivity index (χ2v) is 8.76. The van der Waals surface area contributed by atoms with Gasteiger partial charge < -0.3 is 4.90 Å². The number of benzene rings is 2. The van der Waals surface area contributed by atoms with Gasteiger partial charge in [0, 0.05) is 17.0 Å². The van der Waals surface area contributed by atoms with Crippen LogP contribution in [0.3, 0.4) is 0 Å². The molecule has 2 aliphatic heterocycles. The van der Waals surface area contributed by atoms with Crippen LogP contribution in [-0.4, -0.2) is 31.8 Å². The Balaban J connectivity index is 1.65. The molecule has 0 atom stereocenters. The summed E-state index contributed by atoms with van der Waals surface area (Å²) in [5, 5.41) is 7.69. The zero-order valence-electron chi connectivity index (χ0n) is 15.0. The van der Waals surface area contributed by atoms with E-state index < -0.39 is 10.1 Å². The molecule has 0 unspecified atom stereocenters. The van der Waals surface area contributed by atoms with Crippen LogP contribution < -0.4 is 9.91 Å². The van der Waals surface area contributed by atoms with E-state index in [2.05, 4.69) is 29.1 Å². The average molecular weight is 402 g/mol. The molecule has 0 spiro atoms. The van der Waals surface area contributed by atoms with Crippen LogP contribution in [0.4, 0.5) is 11.4 Å². The fraction of sp³-hybridized carbons (Fsp3) is 0.211. The lowest BCUT2D eigenvalue weighted by Crippen LogP contribution is -2.21. The highest BCUT2D eigenvalue weighted by molar-refractivity contribution is 8.03. The molecule has 4 rings (SSSR count). The number of thioether (sulfide) groups is 1. The summed E-state index contributed by atoms with van der Waals surface area (Å²) in [6, 6.07) is 14.4. The second-order valence-electron chi connectivity index (χ2n) is 6.31. The average Bonchev–Trinajstić information content (AvgIpc) is 3.21. The van der Waals surface area contributed by atoms with Gasteiger partial charge in [0.1, 0.15) is 0 Å². The van der Waals surface area contributed by atoms with Crippen molar-refractivity contribution in [3.05, 3.63) is 59.1 Å². The molecule has 0 saturated carbocycles. The van der Waals surface area contributed by atoms with Crippen LogP contribution in [0.25, 0.3) is 0 Å². The minimum absolute atomic E-state index is 0.122. The van der Waals surface area contributed by atoms with Crippen LogP contribution >= 0.6 is 11.8 Å². The molecule has 2 aromatic carbocycles. The van der Waals surface area contributed by atoms with E-state index in [-0.39, 0.29) is 4.90 Å². The van der Waals surface area contributed by atoms with Crippen LogP contribution in [0, 0.1) is 0 Å². The van der Waals surface area contributed by atoms with Gasteiger partial charge in [-0.15, -0.1) is 0 Å². The third kappa shape index (κ3) is 3.24. The number of fused-ring (bicyclic) bond motifs is 1. The lowest BCUT2D eigenvalue weighted by molar-refractivity contribution is 0.483. The molecule has 0 aliphatic carbocycles. The Morgan fingerprint density at radius 3 is 2.52 bits per heavy atom. The van der Waals surface area contributed by atoms with Gasteiger partial charge >= 0.3 is 0 Å². The number of hydrogen-bond donors (Lipinski definition) is 1. The summed E-state index contributed by atoms with van der Waals surface area (Å²) >= 11 is 1.76. The van der Waals surface area contributed by atoms with E-state index >= 15 is 0 Å². The zero-order chi connectivity index (χ0) is 19.2. The summed E-state index contributed by atoms with van der Waals surface area (Å²) < 4.78 is 31.6. The minimum atomic E-state index is -4.19. The highest BCUT2D eigenvalue weighted by atomic mass is 32.2. The van der Waals surface area contributed by atoms with Gasteiger partial charge in [-0.25, -0.2) is 0 Å². The van der Waals surface area contributed by atoms with Crippen LogP contribution in [-0.2, 0) is 10.1 Å². The van der Waals surface area contributed by atoms with Gasteiger partial charge in [-0.3, -0.25) is 9.56 Å². The predicted octanol–water partition coefficient (Wildman–Crippen LogP) is 3.97. The quantitative estimate of drug-likeness (QED) is 0.785. The van der Waals surface area contributed by atoms with Crippen molar-refractivity contribution < 1.29 is 13.0 Å². The molecular weight excluding hydrogens is 382 g/mol. The number of rotatable bonds is 3. The van der Waals surface area contributed by atoms with Crippen molar-refractivity contribution in [2.45, 2.75) is 23.6 Å². The van der Waals surface area contributed by atoms with Crippen LogP contribution in [0.5, 0.6) is 0 Å². The zero-order valence-corrected chi connectivity index (χ0v) is 16.6. The van der Waals surface area contributed by atoms with Gasteiger partial charge in [-0.1, -0.05) is 23.9 Å². The Morgan fingerprint density at radius 1 is 1.15 bits per heavy atom. The maximum atomic E-state index is 11.2. The molecule has 0 fully saturated rings. The third-order valence-corrected chi connectivity index (χ3v) is 6.72. The molecule has 0 aromatic heterocycles. The van der Waals surface area contributed by atoms with Crippen LogP contribution in [0.1, 0.15) is 13.8 Å². The number of anilines is 2. The highest BCUT2D eigenvalue weighted by Gasteiger charge is 2.30. The molecule has 0 radical (unpaired) electrons. The minimum Gasteiger partial charge on any atom is -0.335 e. The number of para-hydroxylation sites is 1. The van der Waals surface area contributed by atoms with E-state index in [0.717, 1.165) is 23.5 Å². The first-order valence-electron chi connectivity index (χ1n) is 8.56. The van der Waals surface area contributed by atoms with Gasteiger partial charge in [0.2, 0.25) is 0 Å². The predicted molar refractivity (Wildman–Crippen MR) is 109 cm³/mol. The number of nitrogens with zero attached hydrogens (tertiary/aromatic N) is 3. The van der Waals surface area contributed by atoms with Crippen molar-refractivity contribution in [3.63, 3.8) is 0 Å². The summed E-state index contributed by atoms with van der Waals surface area (Å²) in [4.78, 5) is 3.42. The first-order chi connectivity index (χ1) is 12.9. The standard InChI is InChI=1S/C19H19N3O3S2/c1-3-21-17-6-4-5-7-18(17)26-19(21)16-12-22(20-13(16)2)14-8-10-15(11-9-14)27(23,24)25/h4-11H,3,12H2,1-2H3,(H,23,24,25). The SMILES string of the molecule is CCN1C(=C2CN(c3ccc(S(=O)(=O)O)cc3)N=C2C)Sc2ccccc21. The molecule has 2 heterocycles. The molecule has 8 heteroatoms. The fourth-order valence-corrected chi connectivity index (χ4v) is 5.07. The third-order valence-electron chi connectivity index (χ3n) is 4.63. The molecule has 2 aromatic rings. The summed E-state index contributed by atoms with van der Waals surface area (Å²) in [6.07, 6.45) is 0. The summed E-state index contributed by atoms with van der Waals surface area (Å²) in [6.45, 7) is 5.62. The Kier molecular flexibility index (Phi) is 4.49. The maximum absolute atomic E-state index is 11.2. The molecule has 0 amide bonds. The molecule has 0 bridgehead atoms. The van der Waals surface area contributed by atoms with E-state index in [1.54, 1.807) is 23.9 Å². The van der Waals surface area contributed by atoms with E-state index in [1.165, 1.54) is 27.7 Å². The van der Waals surface area contributed by atoms with Crippen LogP contribution in [0.2, 0.25) is 0 Å². The smallest absolute Gasteiger partial charge is 0.294 e. The van der Waals surface area contributed by atoms with E-state index in [4.69, 9.17) is 4.55 Å². The molecule has 0 saturated heterocycles. The van der Waals surface area contributed by atoms with Gasteiger partial charge in [0.25, 0.3) is 10.1 Å². The molecule has 140 valence electrons. The van der Waals surface area contributed by atoms with Gasteiger partial charge in [-0.2, -0.15) is 13.5 Å². The molecule has 6 nitrogen and oxygen atoms in total. The van der Waals surface area contributed by atoms with Crippen molar-refractivity contribution >= 4 is 39.0 Å². The Morgan fingerprint density at radius 2 is 1.85 bits per heavy atom. The Labute approximate surface area is 162 Å². The van der Waals surface area contributed by atoms with Crippen molar-refractivity contribution in [2.24, 2.45) is 5.10 Å². The monoisotopic (exact) mass is 401 g/mol. The maximum Gasteiger partial charge on any atom is 0.294 e. The molecule has 27 heavy (non-hydrogen) atoms. The van der Waals surface area contributed by atoms with Crippen LogP contribution in [0.15, 0.2) is 74.0 Å². The van der Waals surface area contributed by atoms with Gasteiger partial charge in [0.05, 0.1) is 33.6 Å².